The van der Waals surface area contributed by atoms with Crippen molar-refractivity contribution in [2.75, 3.05) is 6.61 Å². The quantitative estimate of drug-likeness (QED) is 0.346. The van der Waals surface area contributed by atoms with Crippen LogP contribution in [0.3, 0.4) is 0 Å². The molecule has 0 saturated carbocycles. The Morgan fingerprint density at radius 1 is 1.07 bits per heavy atom. The Labute approximate surface area is 174 Å². The van der Waals surface area contributed by atoms with Gasteiger partial charge >= 0.3 is 0 Å². The highest BCUT2D eigenvalue weighted by Crippen LogP contribution is 2.39. The number of benzene rings is 2. The number of rotatable bonds is 4. The molecule has 136 valence electrons. The number of halogens is 3. The average Bonchev–Trinajstić information content (AvgIpc) is 3.05. The van der Waals surface area contributed by atoms with E-state index in [0.29, 0.717) is 28.2 Å². The van der Waals surface area contributed by atoms with Crippen molar-refractivity contribution in [3.05, 3.63) is 69.2 Å². The zero-order valence-corrected chi connectivity index (χ0v) is 17.4. The van der Waals surface area contributed by atoms with Crippen LogP contribution in [0.5, 0.6) is 5.88 Å². The molecule has 0 unspecified atom stereocenters. The fourth-order valence-electron chi connectivity index (χ4n) is 2.94. The first kappa shape index (κ1) is 18.3. The predicted molar refractivity (Wildman–Crippen MR) is 113 cm³/mol. The highest BCUT2D eigenvalue weighted by atomic mass is 79.9. The van der Waals surface area contributed by atoms with Crippen LogP contribution < -0.4 is 4.74 Å². The van der Waals surface area contributed by atoms with Crippen molar-refractivity contribution >= 4 is 44.8 Å². The van der Waals surface area contributed by atoms with Gasteiger partial charge in [0.2, 0.25) is 5.88 Å². The molecule has 4 aromatic rings. The van der Waals surface area contributed by atoms with Crippen molar-refractivity contribution in [3.8, 4) is 28.3 Å². The van der Waals surface area contributed by atoms with Crippen molar-refractivity contribution < 1.29 is 4.74 Å². The first-order chi connectivity index (χ1) is 13.1. The normalized spacial score (nSPS) is 11.1. The van der Waals surface area contributed by atoms with Crippen LogP contribution in [0.25, 0.3) is 28.0 Å². The molecule has 0 amide bonds. The van der Waals surface area contributed by atoms with Crippen LogP contribution in [0.1, 0.15) is 6.92 Å². The van der Waals surface area contributed by atoms with E-state index < -0.39 is 0 Å². The zero-order valence-electron chi connectivity index (χ0n) is 14.3. The second kappa shape index (κ2) is 7.50. The first-order valence-electron chi connectivity index (χ1n) is 8.31. The number of fused-ring (bicyclic) bond motifs is 1. The standard InChI is InChI=1S/C20H14BrCl2N3O/c1-2-27-20-15(21)11-24-19-17(12-7-9-13(22)10-8-12)18(25-26(19)20)14-5-3-4-6-16(14)23/h3-11H,2H2,1H3. The summed E-state index contributed by atoms with van der Waals surface area (Å²) in [5.74, 6) is 0.594. The van der Waals surface area contributed by atoms with E-state index in [1.807, 2.05) is 55.5 Å². The van der Waals surface area contributed by atoms with Gasteiger partial charge in [-0.05, 0) is 46.6 Å². The van der Waals surface area contributed by atoms with Crippen molar-refractivity contribution in [2.24, 2.45) is 0 Å². The van der Waals surface area contributed by atoms with E-state index in [9.17, 15) is 0 Å². The third-order valence-corrected chi connectivity index (χ3v) is 5.23. The summed E-state index contributed by atoms with van der Waals surface area (Å²) in [6.45, 7) is 2.44. The summed E-state index contributed by atoms with van der Waals surface area (Å²) in [7, 11) is 0. The minimum absolute atomic E-state index is 0.509. The van der Waals surface area contributed by atoms with E-state index in [1.54, 1.807) is 10.7 Å². The van der Waals surface area contributed by atoms with Crippen LogP contribution in [0.4, 0.5) is 0 Å². The molecule has 2 aromatic heterocycles. The molecule has 0 aliphatic heterocycles. The molecule has 0 N–H and O–H groups in total. The van der Waals surface area contributed by atoms with Gasteiger partial charge in [0.15, 0.2) is 5.65 Å². The molecular weight excluding hydrogens is 449 g/mol. The van der Waals surface area contributed by atoms with E-state index in [2.05, 4.69) is 20.9 Å². The second-order valence-electron chi connectivity index (χ2n) is 5.79. The number of hydrogen-bond donors (Lipinski definition) is 0. The smallest absolute Gasteiger partial charge is 0.232 e. The van der Waals surface area contributed by atoms with Crippen molar-refractivity contribution in [2.45, 2.75) is 6.92 Å². The molecule has 2 aromatic carbocycles. The molecule has 0 fully saturated rings. The number of hydrogen-bond acceptors (Lipinski definition) is 3. The lowest BCUT2D eigenvalue weighted by molar-refractivity contribution is 0.315. The van der Waals surface area contributed by atoms with Crippen LogP contribution in [-0.4, -0.2) is 21.2 Å². The molecule has 0 radical (unpaired) electrons. The number of aromatic nitrogens is 3. The van der Waals surface area contributed by atoms with Gasteiger partial charge in [0.25, 0.3) is 0 Å². The third-order valence-electron chi connectivity index (χ3n) is 4.10. The lowest BCUT2D eigenvalue weighted by Gasteiger charge is -2.07. The Morgan fingerprint density at radius 3 is 2.52 bits per heavy atom. The van der Waals surface area contributed by atoms with Crippen LogP contribution in [0.2, 0.25) is 10.0 Å². The topological polar surface area (TPSA) is 39.4 Å². The molecule has 4 rings (SSSR count). The number of ether oxygens (including phenoxy) is 1. The monoisotopic (exact) mass is 461 g/mol. The summed E-state index contributed by atoms with van der Waals surface area (Å²) >= 11 is 16.0. The van der Waals surface area contributed by atoms with Gasteiger partial charge in [-0.15, -0.1) is 0 Å². The van der Waals surface area contributed by atoms with Gasteiger partial charge in [0.05, 0.1) is 21.7 Å². The minimum Gasteiger partial charge on any atom is -0.477 e. The lowest BCUT2D eigenvalue weighted by atomic mass is 10.0. The van der Waals surface area contributed by atoms with Crippen LogP contribution >= 0.6 is 39.1 Å². The Hall–Kier alpha value is -2.08. The SMILES string of the molecule is CCOc1c(Br)cnc2c(-c3ccc(Cl)cc3)c(-c3ccccc3Cl)nn12. The maximum Gasteiger partial charge on any atom is 0.232 e. The Morgan fingerprint density at radius 2 is 1.81 bits per heavy atom. The van der Waals surface area contributed by atoms with Gasteiger partial charge in [-0.25, -0.2) is 4.98 Å². The van der Waals surface area contributed by atoms with Crippen molar-refractivity contribution in [1.82, 2.24) is 14.6 Å². The van der Waals surface area contributed by atoms with Crippen molar-refractivity contribution in [1.29, 1.82) is 0 Å². The zero-order chi connectivity index (χ0) is 19.0. The molecule has 2 heterocycles. The Balaban J connectivity index is 2.09. The molecule has 0 bridgehead atoms. The fourth-order valence-corrected chi connectivity index (χ4v) is 3.67. The van der Waals surface area contributed by atoms with Gasteiger partial charge in [-0.3, -0.25) is 0 Å². The summed E-state index contributed by atoms with van der Waals surface area (Å²) in [6.07, 6.45) is 1.72. The van der Waals surface area contributed by atoms with Gasteiger partial charge < -0.3 is 4.74 Å². The fraction of sp³-hybridized carbons (Fsp3) is 0.100. The average molecular weight is 463 g/mol. The largest absolute Gasteiger partial charge is 0.477 e. The molecule has 27 heavy (non-hydrogen) atoms. The molecule has 0 aliphatic rings. The summed E-state index contributed by atoms with van der Waals surface area (Å²) in [6, 6.07) is 15.2. The van der Waals surface area contributed by atoms with E-state index in [4.69, 9.17) is 33.0 Å². The van der Waals surface area contributed by atoms with E-state index in [-0.39, 0.29) is 0 Å². The molecule has 0 atom stereocenters. The summed E-state index contributed by atoms with van der Waals surface area (Å²) in [5.41, 5.74) is 4.05. The Bertz CT molecular complexity index is 1130. The van der Waals surface area contributed by atoms with Crippen LogP contribution in [0.15, 0.2) is 59.2 Å². The highest BCUT2D eigenvalue weighted by molar-refractivity contribution is 9.10. The summed E-state index contributed by atoms with van der Waals surface area (Å²) < 4.78 is 8.23. The third kappa shape index (κ3) is 3.31. The maximum atomic E-state index is 6.47. The predicted octanol–water partition coefficient (Wildman–Crippen LogP) is 6.53. The van der Waals surface area contributed by atoms with E-state index in [0.717, 1.165) is 26.9 Å². The number of nitrogens with zero attached hydrogens (tertiary/aromatic N) is 3. The molecule has 0 spiro atoms. The van der Waals surface area contributed by atoms with Gasteiger partial charge in [-0.2, -0.15) is 9.61 Å². The van der Waals surface area contributed by atoms with Gasteiger partial charge in [-0.1, -0.05) is 53.5 Å². The van der Waals surface area contributed by atoms with Gasteiger partial charge in [0, 0.05) is 16.8 Å². The maximum absolute atomic E-state index is 6.47. The summed E-state index contributed by atoms with van der Waals surface area (Å²) in [4.78, 5) is 4.60. The Kier molecular flexibility index (Phi) is 5.08. The summed E-state index contributed by atoms with van der Waals surface area (Å²) in [5, 5.41) is 6.09. The van der Waals surface area contributed by atoms with Crippen LogP contribution in [0, 0.1) is 0 Å². The van der Waals surface area contributed by atoms with Crippen molar-refractivity contribution in [3.63, 3.8) is 0 Å². The molecule has 4 nitrogen and oxygen atoms in total. The van der Waals surface area contributed by atoms with Gasteiger partial charge in [0.1, 0.15) is 5.69 Å². The molecule has 7 heteroatoms. The van der Waals surface area contributed by atoms with E-state index >= 15 is 0 Å². The molecule has 0 aliphatic carbocycles. The second-order valence-corrected chi connectivity index (χ2v) is 7.49. The highest BCUT2D eigenvalue weighted by Gasteiger charge is 2.22. The minimum atomic E-state index is 0.509. The molecule has 0 saturated heterocycles. The van der Waals surface area contributed by atoms with E-state index in [1.165, 1.54) is 0 Å². The molecular formula is C20H14BrCl2N3O. The first-order valence-corrected chi connectivity index (χ1v) is 9.86. The van der Waals surface area contributed by atoms with Crippen LogP contribution in [-0.2, 0) is 0 Å². The lowest BCUT2D eigenvalue weighted by Crippen LogP contribution is -2.02.